The molecule has 0 aliphatic carbocycles. The number of benzene rings is 1. The second-order valence-electron chi connectivity index (χ2n) is 7.05. The van der Waals surface area contributed by atoms with Crippen LogP contribution in [0, 0.1) is 0 Å². The number of methoxy groups -OCH3 is 1. The van der Waals surface area contributed by atoms with E-state index < -0.39 is 61.9 Å². The maximum atomic E-state index is 10.2. The lowest BCUT2D eigenvalue weighted by molar-refractivity contribution is -0.307. The first-order valence-electron chi connectivity index (χ1n) is 9.23. The molecule has 3 rings (SSSR count). The Bertz CT molecular complexity index is 702. The molecule has 0 unspecified atom stereocenters. The lowest BCUT2D eigenvalue weighted by atomic mass is 9.99. The van der Waals surface area contributed by atoms with E-state index in [0.717, 1.165) is 0 Å². The Morgan fingerprint density at radius 1 is 0.933 bits per heavy atom. The van der Waals surface area contributed by atoms with Gasteiger partial charge < -0.3 is 59.4 Å². The molecule has 2 saturated heterocycles. The quantitative estimate of drug-likeness (QED) is 0.241. The summed E-state index contributed by atoms with van der Waals surface area (Å²) in [5.74, 6) is 0.137. The number of aliphatic hydroxyl groups is 6. The van der Waals surface area contributed by atoms with Crippen LogP contribution in [0.2, 0.25) is 0 Å². The fraction of sp³-hybridized carbons (Fsp3) is 0.667. The van der Waals surface area contributed by atoms with E-state index in [2.05, 4.69) is 0 Å². The van der Waals surface area contributed by atoms with Crippen molar-refractivity contribution in [2.24, 2.45) is 0 Å². The van der Waals surface area contributed by atoms with Crippen LogP contribution in [0.1, 0.15) is 0 Å². The second-order valence-corrected chi connectivity index (χ2v) is 7.05. The molecule has 0 spiro atoms. The number of aliphatic hydroxyl groups excluding tert-OH is 6. The van der Waals surface area contributed by atoms with E-state index in [9.17, 15) is 35.7 Å². The van der Waals surface area contributed by atoms with Gasteiger partial charge in [0.15, 0.2) is 17.8 Å². The second kappa shape index (κ2) is 9.60. The zero-order valence-electron chi connectivity index (χ0n) is 16.0. The van der Waals surface area contributed by atoms with Crippen molar-refractivity contribution < 1.29 is 59.4 Å². The molecule has 2 heterocycles. The maximum absolute atomic E-state index is 10.2. The van der Waals surface area contributed by atoms with E-state index in [1.54, 1.807) is 0 Å². The van der Waals surface area contributed by atoms with Gasteiger partial charge in [0.2, 0.25) is 6.29 Å². The Morgan fingerprint density at radius 3 is 2.33 bits per heavy atom. The number of hydrogen-bond donors (Lipinski definition) is 7. The van der Waals surface area contributed by atoms with Crippen LogP contribution in [0.4, 0.5) is 0 Å². The van der Waals surface area contributed by atoms with E-state index in [0.29, 0.717) is 0 Å². The highest BCUT2D eigenvalue weighted by Crippen LogP contribution is 2.32. The van der Waals surface area contributed by atoms with E-state index in [-0.39, 0.29) is 23.9 Å². The van der Waals surface area contributed by atoms with Gasteiger partial charge in [-0.3, -0.25) is 0 Å². The minimum Gasteiger partial charge on any atom is -0.504 e. The summed E-state index contributed by atoms with van der Waals surface area (Å²) >= 11 is 0. The van der Waals surface area contributed by atoms with Crippen molar-refractivity contribution in [2.45, 2.75) is 55.3 Å². The molecule has 2 aliphatic rings. The molecule has 0 bridgehead atoms. The fourth-order valence-corrected chi connectivity index (χ4v) is 3.13. The zero-order valence-corrected chi connectivity index (χ0v) is 16.0. The van der Waals surface area contributed by atoms with Crippen molar-refractivity contribution in [3.05, 3.63) is 18.2 Å². The minimum absolute atomic E-state index is 0.113. The molecule has 170 valence electrons. The van der Waals surface area contributed by atoms with Gasteiger partial charge in [0, 0.05) is 6.07 Å². The van der Waals surface area contributed by atoms with Crippen LogP contribution in [0.3, 0.4) is 0 Å². The van der Waals surface area contributed by atoms with Crippen molar-refractivity contribution in [1.29, 1.82) is 0 Å². The summed E-state index contributed by atoms with van der Waals surface area (Å²) in [5, 5.41) is 69.2. The summed E-state index contributed by atoms with van der Waals surface area (Å²) in [6.07, 6.45) is -13.0. The standard InChI is InChI=1S/C18H26O12/c1-26-10-4-7(2-3-8(10)19)29-18-16(25)14(23)13(22)11(30-18)6-28-17-15(24)12(21)9(20)5-27-17/h2-4,9,11-25H,5-6H2,1H3/t9-,11+,12-,13-,14-,15-,16+,17+,18+/m1/s1. The fourth-order valence-electron chi connectivity index (χ4n) is 3.13. The van der Waals surface area contributed by atoms with Crippen LogP contribution in [0.15, 0.2) is 18.2 Å². The molecule has 0 aromatic heterocycles. The first kappa shape index (κ1) is 22.9. The summed E-state index contributed by atoms with van der Waals surface area (Å²) < 4.78 is 26.4. The van der Waals surface area contributed by atoms with Crippen molar-refractivity contribution in [1.82, 2.24) is 0 Å². The highest BCUT2D eigenvalue weighted by molar-refractivity contribution is 5.44. The van der Waals surface area contributed by atoms with E-state index >= 15 is 0 Å². The van der Waals surface area contributed by atoms with Gasteiger partial charge in [-0.15, -0.1) is 0 Å². The average molecular weight is 434 g/mol. The predicted molar refractivity (Wildman–Crippen MR) is 95.7 cm³/mol. The van der Waals surface area contributed by atoms with Gasteiger partial charge in [-0.1, -0.05) is 0 Å². The third kappa shape index (κ3) is 4.77. The van der Waals surface area contributed by atoms with Crippen molar-refractivity contribution in [3.63, 3.8) is 0 Å². The molecular weight excluding hydrogens is 408 g/mol. The van der Waals surface area contributed by atoms with Gasteiger partial charge in [-0.25, -0.2) is 0 Å². The van der Waals surface area contributed by atoms with Crippen LogP contribution in [0.25, 0.3) is 0 Å². The third-order valence-electron chi connectivity index (χ3n) is 4.95. The molecule has 30 heavy (non-hydrogen) atoms. The van der Waals surface area contributed by atoms with E-state index in [1.807, 2.05) is 0 Å². The SMILES string of the molecule is COc1cc(O[C@H]2O[C@@H](CO[C@@H]3OC[C@@H](O)[C@@H](O)[C@H]3O)[C@@H](O)[C@@H](O)[C@@H]2O)ccc1O. The highest BCUT2D eigenvalue weighted by Gasteiger charge is 2.46. The molecule has 12 nitrogen and oxygen atoms in total. The molecule has 7 N–H and O–H groups in total. The molecular formula is C18H26O12. The van der Waals surface area contributed by atoms with Gasteiger partial charge in [-0.2, -0.15) is 0 Å². The third-order valence-corrected chi connectivity index (χ3v) is 4.95. The Morgan fingerprint density at radius 2 is 1.63 bits per heavy atom. The lowest BCUT2D eigenvalue weighted by Crippen LogP contribution is -2.61. The van der Waals surface area contributed by atoms with E-state index in [4.69, 9.17) is 23.7 Å². The van der Waals surface area contributed by atoms with Gasteiger partial charge in [-0.05, 0) is 12.1 Å². The Labute approximate surface area is 171 Å². The molecule has 12 heteroatoms. The van der Waals surface area contributed by atoms with Crippen LogP contribution in [0.5, 0.6) is 17.2 Å². The van der Waals surface area contributed by atoms with Crippen molar-refractivity contribution >= 4 is 0 Å². The molecule has 0 saturated carbocycles. The molecule has 2 fully saturated rings. The first-order chi connectivity index (χ1) is 14.2. The smallest absolute Gasteiger partial charge is 0.229 e. The molecule has 2 aliphatic heterocycles. The molecule has 1 aromatic rings. The van der Waals surface area contributed by atoms with Crippen LogP contribution in [-0.4, -0.2) is 111 Å². The number of phenolic OH excluding ortho intramolecular Hbond substituents is 1. The predicted octanol–water partition coefficient (Wildman–Crippen LogP) is -2.96. The van der Waals surface area contributed by atoms with Crippen LogP contribution >= 0.6 is 0 Å². The largest absolute Gasteiger partial charge is 0.504 e. The summed E-state index contributed by atoms with van der Waals surface area (Å²) in [6.45, 7) is -0.666. The van der Waals surface area contributed by atoms with Gasteiger partial charge >= 0.3 is 0 Å². The summed E-state index contributed by atoms with van der Waals surface area (Å²) in [5.41, 5.74) is 0. The maximum Gasteiger partial charge on any atom is 0.229 e. The monoisotopic (exact) mass is 434 g/mol. The minimum atomic E-state index is -1.64. The average Bonchev–Trinajstić information content (AvgIpc) is 2.74. The number of phenols is 1. The topological polar surface area (TPSA) is 188 Å². The van der Waals surface area contributed by atoms with Gasteiger partial charge in [0.1, 0.15) is 48.5 Å². The Kier molecular flexibility index (Phi) is 7.34. The lowest BCUT2D eigenvalue weighted by Gasteiger charge is -2.41. The normalized spacial score (nSPS) is 39.5. The van der Waals surface area contributed by atoms with Crippen LogP contribution < -0.4 is 9.47 Å². The zero-order chi connectivity index (χ0) is 22.0. The van der Waals surface area contributed by atoms with Gasteiger partial charge in [0.25, 0.3) is 0 Å². The molecule has 9 atom stereocenters. The van der Waals surface area contributed by atoms with Crippen LogP contribution in [-0.2, 0) is 14.2 Å². The summed E-state index contributed by atoms with van der Waals surface area (Å²) in [6, 6.07) is 4.03. The summed E-state index contributed by atoms with van der Waals surface area (Å²) in [4.78, 5) is 0. The Balaban J connectivity index is 1.64. The number of hydrogen-bond acceptors (Lipinski definition) is 12. The highest BCUT2D eigenvalue weighted by atomic mass is 16.7. The number of aromatic hydroxyl groups is 1. The summed E-state index contributed by atoms with van der Waals surface area (Å²) in [7, 11) is 1.34. The van der Waals surface area contributed by atoms with Gasteiger partial charge in [0.05, 0.1) is 20.3 Å². The molecule has 0 radical (unpaired) electrons. The van der Waals surface area contributed by atoms with E-state index in [1.165, 1.54) is 25.3 Å². The Hall–Kier alpha value is -1.74. The first-order valence-corrected chi connectivity index (χ1v) is 9.23. The van der Waals surface area contributed by atoms with Crippen molar-refractivity contribution in [3.8, 4) is 17.2 Å². The number of ether oxygens (including phenoxy) is 5. The van der Waals surface area contributed by atoms with Crippen molar-refractivity contribution in [2.75, 3.05) is 20.3 Å². The molecule has 0 amide bonds. The molecule has 1 aromatic carbocycles. The number of rotatable bonds is 6.